The van der Waals surface area contributed by atoms with Gasteiger partial charge in [-0.15, -0.1) is 0 Å². The molecular formula is C19H29N3O5S. The molecule has 0 aromatic heterocycles. The molecule has 9 heteroatoms. The number of rotatable bonds is 7. The molecule has 1 aromatic rings. The zero-order valence-corrected chi connectivity index (χ0v) is 17.5. The second-order valence-corrected chi connectivity index (χ2v) is 8.80. The third-order valence-electron chi connectivity index (χ3n) is 4.91. The molecule has 0 unspecified atom stereocenters. The minimum atomic E-state index is -3.55. The smallest absolute Gasteiger partial charge is 0.407 e. The molecule has 28 heavy (non-hydrogen) atoms. The van der Waals surface area contributed by atoms with E-state index in [1.54, 1.807) is 19.1 Å². The maximum absolute atomic E-state index is 12.8. The van der Waals surface area contributed by atoms with Gasteiger partial charge in [0.1, 0.15) is 0 Å². The van der Waals surface area contributed by atoms with E-state index in [0.717, 1.165) is 11.1 Å². The largest absolute Gasteiger partial charge is 0.450 e. The Morgan fingerprint density at radius 1 is 1.11 bits per heavy atom. The normalized spacial score (nSPS) is 15.8. The van der Waals surface area contributed by atoms with Crippen molar-refractivity contribution in [3.8, 4) is 0 Å². The van der Waals surface area contributed by atoms with Gasteiger partial charge < -0.3 is 15.4 Å². The van der Waals surface area contributed by atoms with Crippen LogP contribution in [-0.2, 0) is 19.6 Å². The van der Waals surface area contributed by atoms with Gasteiger partial charge in [-0.2, -0.15) is 4.31 Å². The Morgan fingerprint density at radius 3 is 2.36 bits per heavy atom. The van der Waals surface area contributed by atoms with Crippen LogP contribution in [0.5, 0.6) is 0 Å². The number of hydrogen-bond acceptors (Lipinski definition) is 5. The highest BCUT2D eigenvalue weighted by Crippen LogP contribution is 2.25. The monoisotopic (exact) mass is 411 g/mol. The third kappa shape index (κ3) is 5.68. The summed E-state index contributed by atoms with van der Waals surface area (Å²) in [5, 5.41) is 5.30. The fourth-order valence-electron chi connectivity index (χ4n) is 3.06. The van der Waals surface area contributed by atoms with Gasteiger partial charge in [-0.3, -0.25) is 4.79 Å². The molecule has 1 fully saturated rings. The van der Waals surface area contributed by atoms with Crippen molar-refractivity contribution in [2.75, 3.05) is 32.8 Å². The fourth-order valence-corrected chi connectivity index (χ4v) is 4.61. The van der Waals surface area contributed by atoms with Crippen LogP contribution in [0.3, 0.4) is 0 Å². The van der Waals surface area contributed by atoms with E-state index in [1.165, 1.54) is 4.31 Å². The molecule has 2 amide bonds. The number of carbonyl (C=O) groups excluding carboxylic acids is 2. The van der Waals surface area contributed by atoms with Gasteiger partial charge in [-0.1, -0.05) is 6.07 Å². The first kappa shape index (κ1) is 22.2. The van der Waals surface area contributed by atoms with Crippen LogP contribution in [0.1, 0.15) is 30.9 Å². The Balaban J connectivity index is 1.82. The Labute approximate surface area is 166 Å². The SMILES string of the molecule is CCOC(=O)NCCNC(=O)C1CCN(S(=O)(=O)c2ccc(C)c(C)c2)CC1. The van der Waals surface area contributed by atoms with Crippen LogP contribution in [0.4, 0.5) is 4.79 Å². The first-order valence-corrected chi connectivity index (χ1v) is 11.0. The Bertz CT molecular complexity index is 802. The molecule has 2 N–H and O–H groups in total. The topological polar surface area (TPSA) is 105 Å². The summed E-state index contributed by atoms with van der Waals surface area (Å²) in [6.07, 6.45) is 0.434. The van der Waals surface area contributed by atoms with Crippen molar-refractivity contribution in [2.24, 2.45) is 5.92 Å². The molecule has 0 bridgehead atoms. The van der Waals surface area contributed by atoms with E-state index >= 15 is 0 Å². The standard InChI is InChI=1S/C19H29N3O5S/c1-4-27-19(24)21-10-9-20-18(23)16-7-11-22(12-8-16)28(25,26)17-6-5-14(2)15(3)13-17/h5-6,13,16H,4,7-12H2,1-3H3,(H,20,23)(H,21,24). The Hall–Kier alpha value is -2.13. The van der Waals surface area contributed by atoms with E-state index in [4.69, 9.17) is 4.74 Å². The van der Waals surface area contributed by atoms with Crippen LogP contribution < -0.4 is 10.6 Å². The van der Waals surface area contributed by atoms with Gasteiger partial charge >= 0.3 is 6.09 Å². The number of ether oxygens (including phenoxy) is 1. The maximum atomic E-state index is 12.8. The molecule has 1 aliphatic rings. The first-order chi connectivity index (χ1) is 13.3. The molecule has 1 aromatic carbocycles. The number of amides is 2. The molecule has 1 heterocycles. The molecule has 2 rings (SSSR count). The molecule has 1 saturated heterocycles. The summed E-state index contributed by atoms with van der Waals surface area (Å²) in [5.74, 6) is -0.345. The van der Waals surface area contributed by atoms with Gasteiger partial charge in [0, 0.05) is 32.1 Å². The van der Waals surface area contributed by atoms with Crippen LogP contribution in [0.2, 0.25) is 0 Å². The molecule has 0 saturated carbocycles. The summed E-state index contributed by atoms with van der Waals surface area (Å²) < 4.78 is 31.8. The predicted octanol–water partition coefficient (Wildman–Crippen LogP) is 1.57. The minimum Gasteiger partial charge on any atom is -0.450 e. The van der Waals surface area contributed by atoms with Crippen LogP contribution in [0.25, 0.3) is 0 Å². The van der Waals surface area contributed by atoms with Gasteiger partial charge in [-0.25, -0.2) is 13.2 Å². The van der Waals surface area contributed by atoms with Gasteiger partial charge in [0.15, 0.2) is 0 Å². The number of nitrogens with one attached hydrogen (secondary N) is 2. The second kappa shape index (κ2) is 9.88. The third-order valence-corrected chi connectivity index (χ3v) is 6.80. The molecule has 0 spiro atoms. The highest BCUT2D eigenvalue weighted by atomic mass is 32.2. The summed E-state index contributed by atoms with van der Waals surface area (Å²) >= 11 is 0. The lowest BCUT2D eigenvalue weighted by Gasteiger charge is -2.30. The Kier molecular flexibility index (Phi) is 7.82. The van der Waals surface area contributed by atoms with Crippen molar-refractivity contribution in [2.45, 2.75) is 38.5 Å². The molecule has 0 aliphatic carbocycles. The zero-order chi connectivity index (χ0) is 20.7. The number of carbonyl (C=O) groups is 2. The number of aryl methyl sites for hydroxylation is 2. The lowest BCUT2D eigenvalue weighted by Crippen LogP contribution is -2.44. The summed E-state index contributed by atoms with van der Waals surface area (Å²) in [5.41, 5.74) is 1.98. The predicted molar refractivity (Wildman–Crippen MR) is 105 cm³/mol. The Morgan fingerprint density at radius 2 is 1.75 bits per heavy atom. The lowest BCUT2D eigenvalue weighted by atomic mass is 9.97. The number of benzene rings is 1. The van der Waals surface area contributed by atoms with Crippen molar-refractivity contribution in [1.29, 1.82) is 0 Å². The zero-order valence-electron chi connectivity index (χ0n) is 16.7. The van der Waals surface area contributed by atoms with Crippen molar-refractivity contribution in [3.05, 3.63) is 29.3 Å². The number of alkyl carbamates (subject to hydrolysis) is 1. The number of hydrogen-bond donors (Lipinski definition) is 2. The van der Waals surface area contributed by atoms with Crippen molar-refractivity contribution < 1.29 is 22.7 Å². The highest BCUT2D eigenvalue weighted by Gasteiger charge is 2.32. The van der Waals surface area contributed by atoms with Crippen LogP contribution in [-0.4, -0.2) is 57.5 Å². The average molecular weight is 412 g/mol. The van der Waals surface area contributed by atoms with E-state index in [0.29, 0.717) is 44.0 Å². The molecule has 8 nitrogen and oxygen atoms in total. The minimum absolute atomic E-state index is 0.117. The summed E-state index contributed by atoms with van der Waals surface area (Å²) in [4.78, 5) is 23.7. The quantitative estimate of drug-likeness (QED) is 0.663. The first-order valence-electron chi connectivity index (χ1n) is 9.51. The van der Waals surface area contributed by atoms with Crippen molar-refractivity contribution >= 4 is 22.0 Å². The van der Waals surface area contributed by atoms with Crippen LogP contribution >= 0.6 is 0 Å². The number of piperidine rings is 1. The van der Waals surface area contributed by atoms with E-state index in [2.05, 4.69) is 10.6 Å². The number of sulfonamides is 1. The van der Waals surface area contributed by atoms with Crippen LogP contribution in [0.15, 0.2) is 23.1 Å². The summed E-state index contributed by atoms with van der Waals surface area (Å²) in [6.45, 7) is 7.06. The van der Waals surface area contributed by atoms with Gasteiger partial charge in [-0.05, 0) is 56.9 Å². The average Bonchev–Trinajstić information content (AvgIpc) is 2.67. The fraction of sp³-hybridized carbons (Fsp3) is 0.579. The van der Waals surface area contributed by atoms with Gasteiger partial charge in [0.05, 0.1) is 11.5 Å². The van der Waals surface area contributed by atoms with Gasteiger partial charge in [0.2, 0.25) is 15.9 Å². The van der Waals surface area contributed by atoms with E-state index < -0.39 is 16.1 Å². The van der Waals surface area contributed by atoms with Crippen molar-refractivity contribution in [1.82, 2.24) is 14.9 Å². The molecule has 0 radical (unpaired) electrons. The molecular weight excluding hydrogens is 382 g/mol. The van der Waals surface area contributed by atoms with E-state index in [9.17, 15) is 18.0 Å². The number of nitrogens with zero attached hydrogens (tertiary/aromatic N) is 1. The summed E-state index contributed by atoms with van der Waals surface area (Å²) in [6, 6.07) is 5.14. The van der Waals surface area contributed by atoms with E-state index in [1.807, 2.05) is 19.9 Å². The second-order valence-electron chi connectivity index (χ2n) is 6.86. The van der Waals surface area contributed by atoms with Crippen molar-refractivity contribution in [3.63, 3.8) is 0 Å². The van der Waals surface area contributed by atoms with E-state index in [-0.39, 0.29) is 18.4 Å². The highest BCUT2D eigenvalue weighted by molar-refractivity contribution is 7.89. The lowest BCUT2D eigenvalue weighted by molar-refractivity contribution is -0.126. The molecule has 0 atom stereocenters. The van der Waals surface area contributed by atoms with Crippen LogP contribution in [0, 0.1) is 19.8 Å². The molecule has 156 valence electrons. The summed E-state index contributed by atoms with van der Waals surface area (Å²) in [7, 11) is -3.55. The molecule has 1 aliphatic heterocycles. The van der Waals surface area contributed by atoms with Gasteiger partial charge in [0.25, 0.3) is 0 Å². The maximum Gasteiger partial charge on any atom is 0.407 e.